The molecule has 0 saturated carbocycles. The number of rotatable bonds is 2. The summed E-state index contributed by atoms with van der Waals surface area (Å²) in [5, 5.41) is 2.12. The van der Waals surface area contributed by atoms with Gasteiger partial charge in [-0.05, 0) is 40.0 Å². The van der Waals surface area contributed by atoms with Crippen LogP contribution in [0.1, 0.15) is 6.92 Å². The maximum absolute atomic E-state index is 4.51. The fourth-order valence-corrected chi connectivity index (χ4v) is 3.73. The molecule has 3 nitrogen and oxygen atoms in total. The molecule has 1 fully saturated rings. The highest BCUT2D eigenvalue weighted by atomic mass is 79.9. The lowest BCUT2D eigenvalue weighted by molar-refractivity contribution is 0.271. The number of aromatic nitrogens is 1. The second-order valence-electron chi connectivity index (χ2n) is 4.52. The zero-order valence-electron chi connectivity index (χ0n) is 10.4. The van der Waals surface area contributed by atoms with Crippen molar-refractivity contribution in [2.75, 3.05) is 37.6 Å². The van der Waals surface area contributed by atoms with Crippen molar-refractivity contribution in [1.29, 1.82) is 0 Å². The second kappa shape index (κ2) is 5.15. The van der Waals surface area contributed by atoms with E-state index in [0.717, 1.165) is 42.8 Å². The zero-order chi connectivity index (χ0) is 12.5. The smallest absolute Gasteiger partial charge is 0.108 e. The number of hydrogen-bond acceptors (Lipinski definition) is 4. The Balaban J connectivity index is 1.92. The van der Waals surface area contributed by atoms with Crippen LogP contribution < -0.4 is 4.90 Å². The van der Waals surface area contributed by atoms with E-state index in [4.69, 9.17) is 0 Å². The summed E-state index contributed by atoms with van der Waals surface area (Å²) in [6.07, 6.45) is 0. The topological polar surface area (TPSA) is 19.4 Å². The van der Waals surface area contributed by atoms with Gasteiger partial charge < -0.3 is 9.80 Å². The highest BCUT2D eigenvalue weighted by molar-refractivity contribution is 9.10. The fourth-order valence-electron chi connectivity index (χ4n) is 2.45. The average Bonchev–Trinajstić information content (AvgIpc) is 2.86. The molecule has 0 radical (unpaired) electrons. The van der Waals surface area contributed by atoms with Gasteiger partial charge in [-0.2, -0.15) is 0 Å². The zero-order valence-corrected chi connectivity index (χ0v) is 12.8. The van der Waals surface area contributed by atoms with E-state index in [1.54, 1.807) is 11.3 Å². The molecule has 0 spiro atoms. The highest BCUT2D eigenvalue weighted by Gasteiger charge is 2.18. The van der Waals surface area contributed by atoms with E-state index in [0.29, 0.717) is 0 Å². The standard InChI is InChI=1S/C13H16BrN3S/c1-2-16-4-6-17(7-5-16)11-9-12(14)15-10-3-8-18-13(10)11/h3,8-9H,2,4-7H2,1H3. The number of piperazine rings is 1. The molecule has 1 saturated heterocycles. The predicted molar refractivity (Wildman–Crippen MR) is 81.6 cm³/mol. The van der Waals surface area contributed by atoms with Gasteiger partial charge in [0.25, 0.3) is 0 Å². The van der Waals surface area contributed by atoms with Crippen molar-refractivity contribution in [1.82, 2.24) is 9.88 Å². The van der Waals surface area contributed by atoms with Crippen LogP contribution in [0.15, 0.2) is 22.1 Å². The Hall–Kier alpha value is -0.650. The van der Waals surface area contributed by atoms with E-state index in [9.17, 15) is 0 Å². The molecule has 0 aliphatic carbocycles. The normalized spacial score (nSPS) is 17.6. The number of halogens is 1. The van der Waals surface area contributed by atoms with E-state index in [1.165, 1.54) is 10.4 Å². The average molecular weight is 326 g/mol. The van der Waals surface area contributed by atoms with Crippen molar-refractivity contribution in [3.8, 4) is 0 Å². The van der Waals surface area contributed by atoms with E-state index in [-0.39, 0.29) is 0 Å². The Labute approximate surface area is 120 Å². The van der Waals surface area contributed by atoms with Gasteiger partial charge >= 0.3 is 0 Å². The molecule has 96 valence electrons. The summed E-state index contributed by atoms with van der Waals surface area (Å²) < 4.78 is 2.24. The SMILES string of the molecule is CCN1CCN(c2cc(Br)nc3ccsc23)CC1. The van der Waals surface area contributed by atoms with Crippen LogP contribution in [0.5, 0.6) is 0 Å². The molecule has 2 aromatic heterocycles. The first-order valence-electron chi connectivity index (χ1n) is 6.29. The predicted octanol–water partition coefficient (Wildman–Crippen LogP) is 3.20. The van der Waals surface area contributed by atoms with Crippen LogP contribution in [-0.4, -0.2) is 42.6 Å². The van der Waals surface area contributed by atoms with Crippen molar-refractivity contribution in [2.24, 2.45) is 0 Å². The number of nitrogens with zero attached hydrogens (tertiary/aromatic N) is 3. The van der Waals surface area contributed by atoms with Gasteiger partial charge in [0.2, 0.25) is 0 Å². The molecule has 0 amide bonds. The van der Waals surface area contributed by atoms with Crippen LogP contribution in [0.4, 0.5) is 5.69 Å². The number of pyridine rings is 1. The minimum atomic E-state index is 0.932. The molecule has 3 rings (SSSR count). The Bertz CT molecular complexity index is 546. The lowest BCUT2D eigenvalue weighted by atomic mass is 10.2. The summed E-state index contributed by atoms with van der Waals surface area (Å²) in [5.74, 6) is 0. The summed E-state index contributed by atoms with van der Waals surface area (Å²) in [5.41, 5.74) is 2.43. The van der Waals surface area contributed by atoms with Crippen molar-refractivity contribution in [2.45, 2.75) is 6.92 Å². The first-order chi connectivity index (χ1) is 8.78. The van der Waals surface area contributed by atoms with Crippen molar-refractivity contribution >= 4 is 43.2 Å². The maximum Gasteiger partial charge on any atom is 0.108 e. The minimum Gasteiger partial charge on any atom is -0.368 e. The lowest BCUT2D eigenvalue weighted by Gasteiger charge is -2.35. The van der Waals surface area contributed by atoms with Crippen molar-refractivity contribution in [3.63, 3.8) is 0 Å². The van der Waals surface area contributed by atoms with Gasteiger partial charge in [0.1, 0.15) is 4.60 Å². The van der Waals surface area contributed by atoms with Gasteiger partial charge in [-0.15, -0.1) is 11.3 Å². The third-order valence-corrected chi connectivity index (χ3v) is 4.85. The van der Waals surface area contributed by atoms with Crippen LogP contribution in [0.2, 0.25) is 0 Å². The number of likely N-dealkylation sites (N-methyl/N-ethyl adjacent to an activating group) is 1. The third kappa shape index (κ3) is 2.27. The molecule has 0 bridgehead atoms. The van der Waals surface area contributed by atoms with Gasteiger partial charge in [0, 0.05) is 26.2 Å². The van der Waals surface area contributed by atoms with E-state index in [2.05, 4.69) is 55.2 Å². The Morgan fingerprint density at radius 1 is 1.33 bits per heavy atom. The molecular weight excluding hydrogens is 310 g/mol. The maximum atomic E-state index is 4.51. The fraction of sp³-hybridized carbons (Fsp3) is 0.462. The molecule has 3 heterocycles. The molecule has 18 heavy (non-hydrogen) atoms. The monoisotopic (exact) mass is 325 g/mol. The van der Waals surface area contributed by atoms with Gasteiger partial charge in [0.05, 0.1) is 15.9 Å². The van der Waals surface area contributed by atoms with E-state index < -0.39 is 0 Å². The molecule has 0 aromatic carbocycles. The van der Waals surface area contributed by atoms with Crippen LogP contribution >= 0.6 is 27.3 Å². The second-order valence-corrected chi connectivity index (χ2v) is 6.25. The summed E-state index contributed by atoms with van der Waals surface area (Å²) in [6.45, 7) is 7.92. The molecule has 1 aliphatic heterocycles. The van der Waals surface area contributed by atoms with Crippen molar-refractivity contribution in [3.05, 3.63) is 22.1 Å². The third-order valence-electron chi connectivity index (χ3n) is 3.52. The van der Waals surface area contributed by atoms with E-state index >= 15 is 0 Å². The van der Waals surface area contributed by atoms with E-state index in [1.807, 2.05) is 0 Å². The quantitative estimate of drug-likeness (QED) is 0.790. The van der Waals surface area contributed by atoms with Crippen LogP contribution in [0.3, 0.4) is 0 Å². The number of fused-ring (bicyclic) bond motifs is 1. The molecule has 0 N–H and O–H groups in total. The van der Waals surface area contributed by atoms with Crippen LogP contribution in [0.25, 0.3) is 10.2 Å². The Kier molecular flexibility index (Phi) is 3.54. The van der Waals surface area contributed by atoms with Gasteiger partial charge in [-0.1, -0.05) is 6.92 Å². The molecule has 1 aliphatic rings. The van der Waals surface area contributed by atoms with Crippen molar-refractivity contribution < 1.29 is 0 Å². The van der Waals surface area contributed by atoms with Crippen LogP contribution in [-0.2, 0) is 0 Å². The number of thiophene rings is 1. The molecule has 0 unspecified atom stereocenters. The van der Waals surface area contributed by atoms with Gasteiger partial charge in [-0.25, -0.2) is 4.98 Å². The molecule has 0 atom stereocenters. The molecular formula is C13H16BrN3S. The molecule has 2 aromatic rings. The Morgan fingerprint density at radius 3 is 2.83 bits per heavy atom. The van der Waals surface area contributed by atoms with Gasteiger partial charge in [0.15, 0.2) is 0 Å². The molecule has 5 heteroatoms. The summed E-state index contributed by atoms with van der Waals surface area (Å²) in [7, 11) is 0. The summed E-state index contributed by atoms with van der Waals surface area (Å²) in [6, 6.07) is 4.25. The highest BCUT2D eigenvalue weighted by Crippen LogP contribution is 2.33. The minimum absolute atomic E-state index is 0.932. The number of hydrogen-bond donors (Lipinski definition) is 0. The first kappa shape index (κ1) is 12.4. The largest absolute Gasteiger partial charge is 0.368 e. The van der Waals surface area contributed by atoms with Crippen LogP contribution in [0, 0.1) is 0 Å². The summed E-state index contributed by atoms with van der Waals surface area (Å²) >= 11 is 5.30. The lowest BCUT2D eigenvalue weighted by Crippen LogP contribution is -2.46. The number of anilines is 1. The summed E-state index contributed by atoms with van der Waals surface area (Å²) in [4.78, 5) is 9.49. The Morgan fingerprint density at radius 2 is 2.11 bits per heavy atom. The first-order valence-corrected chi connectivity index (χ1v) is 7.96. The van der Waals surface area contributed by atoms with Gasteiger partial charge in [-0.3, -0.25) is 0 Å².